The molecule has 166 valence electrons. The minimum Gasteiger partial charge on any atom is -0.482 e. The Kier molecular flexibility index (Phi) is 4.42. The summed E-state index contributed by atoms with van der Waals surface area (Å²) in [4.78, 5) is 31.9. The molecule has 2 bridgehead atoms. The largest absolute Gasteiger partial charge is 0.482 e. The smallest absolute Gasteiger partial charge is 0.349 e. The van der Waals surface area contributed by atoms with E-state index in [4.69, 9.17) is 10.5 Å². The molecule has 4 aromatic rings. The van der Waals surface area contributed by atoms with Crippen LogP contribution in [-0.2, 0) is 13.6 Å². The Morgan fingerprint density at radius 2 is 2.09 bits per heavy atom. The number of anilines is 1. The second-order valence-electron chi connectivity index (χ2n) is 7.58. The van der Waals surface area contributed by atoms with Gasteiger partial charge in [0, 0.05) is 29.9 Å². The zero-order chi connectivity index (χ0) is 23.4. The lowest BCUT2D eigenvalue weighted by Gasteiger charge is -2.21. The first-order valence-electron chi connectivity index (χ1n) is 9.89. The van der Waals surface area contributed by atoms with Crippen LogP contribution in [0.3, 0.4) is 0 Å². The van der Waals surface area contributed by atoms with Crippen molar-refractivity contribution in [1.82, 2.24) is 29.1 Å². The summed E-state index contributed by atoms with van der Waals surface area (Å²) in [6.07, 6.45) is 0.698. The number of hydrogen-bond acceptors (Lipinski definition) is 7. The van der Waals surface area contributed by atoms with Gasteiger partial charge in [-0.3, -0.25) is 9.67 Å². The van der Waals surface area contributed by atoms with Crippen LogP contribution in [-0.4, -0.2) is 29.1 Å². The third kappa shape index (κ3) is 3.09. The molecule has 0 fully saturated rings. The number of aromatic nitrogens is 6. The van der Waals surface area contributed by atoms with Gasteiger partial charge in [-0.1, -0.05) is 0 Å². The van der Waals surface area contributed by atoms with E-state index < -0.39 is 23.3 Å². The van der Waals surface area contributed by atoms with Crippen molar-refractivity contribution in [3.05, 3.63) is 74.2 Å². The Balaban J connectivity index is 1.90. The lowest BCUT2D eigenvalue weighted by Crippen LogP contribution is -2.28. The summed E-state index contributed by atoms with van der Waals surface area (Å²) in [6, 6.07) is 7.53. The number of nitriles is 1. The van der Waals surface area contributed by atoms with Crippen LogP contribution in [0.25, 0.3) is 16.8 Å². The summed E-state index contributed by atoms with van der Waals surface area (Å²) in [5.74, 6) is -0.229. The van der Waals surface area contributed by atoms with Crippen LogP contribution in [0.1, 0.15) is 30.0 Å². The van der Waals surface area contributed by atoms with E-state index in [-0.39, 0.29) is 29.5 Å². The van der Waals surface area contributed by atoms with E-state index in [0.717, 1.165) is 9.36 Å². The Hall–Kier alpha value is -4.66. The SMILES string of the molecule is C[C@H]1Oc2cc(cnc2N)-c2c(nn(C)c2C#N)Cn2c(=O)[nH]c(=O)n2-c2ccc(F)cc21. The first-order valence-corrected chi connectivity index (χ1v) is 9.89. The fourth-order valence-electron chi connectivity index (χ4n) is 4.04. The average molecular weight is 448 g/mol. The maximum absolute atomic E-state index is 14.2. The van der Waals surface area contributed by atoms with Crippen molar-refractivity contribution in [2.45, 2.75) is 19.6 Å². The van der Waals surface area contributed by atoms with Crippen molar-refractivity contribution in [3.63, 3.8) is 0 Å². The molecule has 12 heteroatoms. The number of nitrogens with zero attached hydrogens (tertiary/aromatic N) is 6. The van der Waals surface area contributed by atoms with Gasteiger partial charge >= 0.3 is 11.4 Å². The number of rotatable bonds is 0. The first-order chi connectivity index (χ1) is 15.8. The van der Waals surface area contributed by atoms with Gasteiger partial charge in [0.2, 0.25) is 0 Å². The zero-order valence-corrected chi connectivity index (χ0v) is 17.5. The van der Waals surface area contributed by atoms with E-state index in [1.165, 1.54) is 29.1 Å². The summed E-state index contributed by atoms with van der Waals surface area (Å²) in [6.45, 7) is 1.51. The number of fused-ring (bicyclic) bond motifs is 7. The van der Waals surface area contributed by atoms with E-state index >= 15 is 0 Å². The number of hydrogen-bond donors (Lipinski definition) is 2. The standard InChI is InChI=1S/C21H17FN8O3/c1-10-13-6-12(22)3-4-15(13)30-21(32)26-20(31)29(30)9-14-18(16(7-23)28(2)27-14)11-5-17(33-10)19(24)25-8-11/h3-6,8,10H,9H2,1-2H3,(H2,24,25)(H,26,31,32)/t10-/m1/s1. The molecule has 3 aromatic heterocycles. The van der Waals surface area contributed by atoms with Gasteiger partial charge in [0.05, 0.1) is 17.9 Å². The molecule has 5 rings (SSSR count). The van der Waals surface area contributed by atoms with Crippen LogP contribution in [0.15, 0.2) is 40.1 Å². The highest BCUT2D eigenvalue weighted by molar-refractivity contribution is 5.73. The van der Waals surface area contributed by atoms with Crippen LogP contribution >= 0.6 is 0 Å². The highest BCUT2D eigenvalue weighted by Gasteiger charge is 2.26. The minimum atomic E-state index is -0.774. The highest BCUT2D eigenvalue weighted by Crippen LogP contribution is 2.35. The molecule has 0 amide bonds. The number of nitrogens with two attached hydrogens (primary N) is 1. The molecular formula is C21H17FN8O3. The van der Waals surface area contributed by atoms with Gasteiger partial charge < -0.3 is 10.5 Å². The molecule has 1 atom stereocenters. The zero-order valence-electron chi connectivity index (χ0n) is 17.5. The Morgan fingerprint density at radius 1 is 1.30 bits per heavy atom. The lowest BCUT2D eigenvalue weighted by molar-refractivity contribution is 0.226. The van der Waals surface area contributed by atoms with Crippen LogP contribution in [0.4, 0.5) is 10.2 Å². The number of aryl methyl sites for hydroxylation is 1. The minimum absolute atomic E-state index is 0.0975. The number of pyridine rings is 1. The quantitative estimate of drug-likeness (QED) is 0.411. The molecule has 11 nitrogen and oxygen atoms in total. The van der Waals surface area contributed by atoms with Crippen LogP contribution in [0.2, 0.25) is 0 Å². The number of nitrogens with one attached hydrogen (secondary N) is 1. The molecule has 33 heavy (non-hydrogen) atoms. The van der Waals surface area contributed by atoms with Crippen molar-refractivity contribution in [2.24, 2.45) is 7.05 Å². The Labute approximate surface area is 185 Å². The van der Waals surface area contributed by atoms with E-state index in [2.05, 4.69) is 21.1 Å². The van der Waals surface area contributed by atoms with Crippen molar-refractivity contribution >= 4 is 5.82 Å². The molecule has 0 saturated heterocycles. The molecule has 1 aromatic carbocycles. The van der Waals surface area contributed by atoms with Gasteiger partial charge in [0.15, 0.2) is 11.6 Å². The van der Waals surface area contributed by atoms with Gasteiger partial charge in [-0.25, -0.2) is 23.6 Å². The van der Waals surface area contributed by atoms with Crippen molar-refractivity contribution in [2.75, 3.05) is 5.73 Å². The topological polar surface area (TPSA) is 150 Å². The average Bonchev–Trinajstić information content (AvgIpc) is 3.23. The molecule has 3 N–H and O–H groups in total. The van der Waals surface area contributed by atoms with Gasteiger partial charge in [-0.2, -0.15) is 15.0 Å². The van der Waals surface area contributed by atoms with Gasteiger partial charge in [-0.15, -0.1) is 0 Å². The summed E-state index contributed by atoms with van der Waals surface area (Å²) in [5.41, 5.74) is 6.67. The van der Waals surface area contributed by atoms with Gasteiger partial charge in [0.25, 0.3) is 0 Å². The number of benzene rings is 1. The normalized spacial score (nSPS) is 14.7. The summed E-state index contributed by atoms with van der Waals surface area (Å²) >= 11 is 0. The van der Waals surface area contributed by atoms with Crippen LogP contribution in [0, 0.1) is 17.1 Å². The number of halogens is 1. The molecule has 0 spiro atoms. The van der Waals surface area contributed by atoms with Crippen molar-refractivity contribution < 1.29 is 9.13 Å². The maximum atomic E-state index is 14.2. The lowest BCUT2D eigenvalue weighted by atomic mass is 10.0. The van der Waals surface area contributed by atoms with Crippen molar-refractivity contribution in [3.8, 4) is 28.6 Å². The fourth-order valence-corrected chi connectivity index (χ4v) is 4.04. The fraction of sp³-hybridized carbons (Fsp3) is 0.190. The highest BCUT2D eigenvalue weighted by atomic mass is 19.1. The van der Waals surface area contributed by atoms with E-state index in [1.54, 1.807) is 20.0 Å². The summed E-state index contributed by atoms with van der Waals surface area (Å²) in [5, 5.41) is 14.1. The molecule has 1 aliphatic rings. The second-order valence-corrected chi connectivity index (χ2v) is 7.58. The molecule has 0 radical (unpaired) electrons. The monoisotopic (exact) mass is 448 g/mol. The Morgan fingerprint density at radius 3 is 2.85 bits per heavy atom. The number of nitrogen functional groups attached to an aromatic ring is 1. The maximum Gasteiger partial charge on any atom is 0.349 e. The Bertz CT molecular complexity index is 1590. The summed E-state index contributed by atoms with van der Waals surface area (Å²) in [7, 11) is 1.60. The van der Waals surface area contributed by atoms with Crippen LogP contribution in [0.5, 0.6) is 5.75 Å². The number of H-pyrrole nitrogens is 1. The van der Waals surface area contributed by atoms with Gasteiger partial charge in [0.1, 0.15) is 23.7 Å². The van der Waals surface area contributed by atoms with E-state index in [0.29, 0.717) is 22.4 Å². The first kappa shape index (κ1) is 20.3. The van der Waals surface area contributed by atoms with E-state index in [1.807, 2.05) is 0 Å². The third-order valence-corrected chi connectivity index (χ3v) is 5.54. The molecule has 1 aliphatic heterocycles. The number of aromatic amines is 1. The predicted octanol–water partition coefficient (Wildman–Crippen LogP) is 1.22. The van der Waals surface area contributed by atoms with Crippen LogP contribution < -0.4 is 21.9 Å². The number of ether oxygens (including phenoxy) is 1. The second kappa shape index (κ2) is 7.20. The van der Waals surface area contributed by atoms with Crippen molar-refractivity contribution in [1.29, 1.82) is 5.26 Å². The summed E-state index contributed by atoms with van der Waals surface area (Å²) < 4.78 is 23.8. The molecule has 0 saturated carbocycles. The molecular weight excluding hydrogens is 431 g/mol. The molecule has 0 aliphatic carbocycles. The van der Waals surface area contributed by atoms with E-state index in [9.17, 15) is 19.2 Å². The predicted molar refractivity (Wildman–Crippen MR) is 114 cm³/mol. The third-order valence-electron chi connectivity index (χ3n) is 5.54. The molecule has 4 heterocycles. The molecule has 0 unspecified atom stereocenters. The van der Waals surface area contributed by atoms with Gasteiger partial charge in [-0.05, 0) is 31.2 Å².